The van der Waals surface area contributed by atoms with E-state index in [9.17, 15) is 13.6 Å². The number of carbonyl (C=O) groups excluding carboxylic acids is 1. The van der Waals surface area contributed by atoms with Gasteiger partial charge in [-0.2, -0.15) is 8.78 Å². The Kier molecular flexibility index (Phi) is 3.93. The zero-order valence-electron chi connectivity index (χ0n) is 10.6. The molecule has 1 N–H and O–H groups in total. The molecule has 0 unspecified atom stereocenters. The van der Waals surface area contributed by atoms with Crippen LogP contribution in [0.15, 0.2) is 11.4 Å². The number of carbonyl (C=O) groups is 1. The minimum atomic E-state index is -3.31. The highest BCUT2D eigenvalue weighted by Crippen LogP contribution is 2.36. The predicted molar refractivity (Wildman–Crippen MR) is 67.0 cm³/mol. The van der Waals surface area contributed by atoms with Gasteiger partial charge in [-0.05, 0) is 6.42 Å². The van der Waals surface area contributed by atoms with Crippen LogP contribution >= 0.6 is 11.3 Å². The van der Waals surface area contributed by atoms with Crippen LogP contribution in [-0.2, 0) is 4.79 Å². The first kappa shape index (κ1) is 14.0. The Labute approximate surface area is 113 Å². The molecule has 0 aromatic carbocycles. The Bertz CT molecular complexity index is 464. The van der Waals surface area contributed by atoms with Crippen LogP contribution in [0.4, 0.5) is 8.78 Å². The Balaban J connectivity index is 1.97. The highest BCUT2D eigenvalue weighted by atomic mass is 32.1. The summed E-state index contributed by atoms with van der Waals surface area (Å²) in [6.45, 7) is 1.67. The lowest BCUT2D eigenvalue weighted by molar-refractivity contribution is -0.144. The normalized spacial score (nSPS) is 25.2. The molecular weight excluding hydrogens is 276 g/mol. The summed E-state index contributed by atoms with van der Waals surface area (Å²) in [5.74, 6) is -4.99. The fourth-order valence-corrected chi connectivity index (χ4v) is 2.80. The fraction of sp³-hybridized carbons (Fsp3) is 0.583. The number of nitrogens with one attached hydrogen (secondary N) is 1. The minimum Gasteiger partial charge on any atom is -0.490 e. The van der Waals surface area contributed by atoms with Crippen molar-refractivity contribution in [2.24, 2.45) is 5.92 Å². The smallest absolute Gasteiger partial charge is 0.329 e. The van der Waals surface area contributed by atoms with Gasteiger partial charge < -0.3 is 14.8 Å². The summed E-state index contributed by atoms with van der Waals surface area (Å²) >= 11 is 1.36. The fourth-order valence-electron chi connectivity index (χ4n) is 2.15. The average molecular weight is 291 g/mol. The molecule has 2 atom stereocenters. The zero-order valence-corrected chi connectivity index (χ0v) is 11.4. The molecule has 1 aliphatic rings. The second kappa shape index (κ2) is 5.32. The van der Waals surface area contributed by atoms with Crippen LogP contribution in [0, 0.1) is 5.92 Å². The summed E-state index contributed by atoms with van der Waals surface area (Å²) in [5, 5.41) is 4.71. The van der Waals surface area contributed by atoms with Crippen LogP contribution < -0.4 is 14.8 Å². The van der Waals surface area contributed by atoms with Crippen LogP contribution in [0.1, 0.15) is 13.3 Å². The minimum absolute atomic E-state index is 0.0275. The lowest BCUT2D eigenvalue weighted by Crippen LogP contribution is -2.35. The molecule has 4 nitrogen and oxygen atoms in total. The average Bonchev–Trinajstić information content (AvgIpc) is 2.91. The molecule has 7 heteroatoms. The lowest BCUT2D eigenvalue weighted by Gasteiger charge is -2.20. The molecule has 1 amide bonds. The van der Waals surface area contributed by atoms with E-state index in [1.165, 1.54) is 11.3 Å². The maximum Gasteiger partial charge on any atom is 0.329 e. The predicted octanol–water partition coefficient (Wildman–Crippen LogP) is 2.30. The highest BCUT2D eigenvalue weighted by molar-refractivity contribution is 7.12. The van der Waals surface area contributed by atoms with Gasteiger partial charge in [0.15, 0.2) is 5.06 Å². The van der Waals surface area contributed by atoms with E-state index in [-0.39, 0.29) is 13.0 Å². The second-order valence-electron chi connectivity index (χ2n) is 4.33. The van der Waals surface area contributed by atoms with Gasteiger partial charge in [0.2, 0.25) is 0 Å². The quantitative estimate of drug-likeness (QED) is 0.905. The molecule has 0 saturated carbocycles. The topological polar surface area (TPSA) is 47.6 Å². The molecule has 106 valence electrons. The molecule has 1 fully saturated rings. The first-order chi connectivity index (χ1) is 8.98. The van der Waals surface area contributed by atoms with Gasteiger partial charge in [-0.3, -0.25) is 4.79 Å². The van der Waals surface area contributed by atoms with Crippen LogP contribution in [0.2, 0.25) is 0 Å². The Morgan fingerprint density at radius 1 is 1.53 bits per heavy atom. The number of rotatable bonds is 5. The molecule has 0 aliphatic carbocycles. The number of methoxy groups -OCH3 is 1. The first-order valence-corrected chi connectivity index (χ1v) is 6.81. The van der Waals surface area contributed by atoms with Crippen LogP contribution in [0.3, 0.4) is 0 Å². The molecule has 2 rings (SSSR count). The monoisotopic (exact) mass is 291 g/mol. The van der Waals surface area contributed by atoms with Gasteiger partial charge in [0.1, 0.15) is 12.4 Å². The van der Waals surface area contributed by atoms with Crippen molar-refractivity contribution in [2.75, 3.05) is 13.7 Å². The molecule has 0 radical (unpaired) electrons. The second-order valence-corrected chi connectivity index (χ2v) is 5.21. The number of alkyl halides is 2. The van der Waals surface area contributed by atoms with E-state index in [1.54, 1.807) is 25.5 Å². The molecule has 1 aromatic rings. The molecule has 2 heterocycles. The van der Waals surface area contributed by atoms with Crippen molar-refractivity contribution in [3.8, 4) is 10.8 Å². The number of halogens is 2. The molecular formula is C12H15F2NO3S. The Morgan fingerprint density at radius 3 is 2.84 bits per heavy atom. The lowest BCUT2D eigenvalue weighted by atomic mass is 9.95. The van der Waals surface area contributed by atoms with E-state index in [0.29, 0.717) is 10.8 Å². The summed E-state index contributed by atoms with van der Waals surface area (Å²) in [6, 6.07) is 1.01. The van der Waals surface area contributed by atoms with E-state index in [1.807, 2.05) is 0 Å². The number of ether oxygens (including phenoxy) is 2. The Hall–Kier alpha value is -1.37. The standard InChI is InChI=1S/C12H15F2NO3S/c1-3-8-9(15-11(16)12(8,13)14)5-18-7-4-10(17-2)19-6-7/h4,6,8-9H,3,5H2,1-2H3,(H,15,16)/t8-,9+/m0/s1. The maximum absolute atomic E-state index is 13.6. The Morgan fingerprint density at radius 2 is 2.26 bits per heavy atom. The molecule has 0 bridgehead atoms. The van der Waals surface area contributed by atoms with E-state index >= 15 is 0 Å². The molecule has 19 heavy (non-hydrogen) atoms. The van der Waals surface area contributed by atoms with E-state index < -0.39 is 23.8 Å². The van der Waals surface area contributed by atoms with Gasteiger partial charge in [0, 0.05) is 11.4 Å². The van der Waals surface area contributed by atoms with Crippen LogP contribution in [0.5, 0.6) is 10.8 Å². The number of hydrogen-bond acceptors (Lipinski definition) is 4. The summed E-state index contributed by atoms with van der Waals surface area (Å²) in [6.07, 6.45) is 0.215. The van der Waals surface area contributed by atoms with Gasteiger partial charge in [-0.1, -0.05) is 6.92 Å². The molecule has 0 spiro atoms. The number of thiophene rings is 1. The van der Waals surface area contributed by atoms with E-state index in [4.69, 9.17) is 9.47 Å². The largest absolute Gasteiger partial charge is 0.490 e. The third-order valence-corrected chi connectivity index (χ3v) is 4.06. The van der Waals surface area contributed by atoms with Crippen molar-refractivity contribution in [1.29, 1.82) is 0 Å². The molecule has 1 saturated heterocycles. The highest BCUT2D eigenvalue weighted by Gasteiger charge is 2.56. The third-order valence-electron chi connectivity index (χ3n) is 3.19. The SMILES string of the molecule is CC[C@H]1[C@@H](COc2csc(OC)c2)NC(=O)C1(F)F. The third kappa shape index (κ3) is 2.65. The van der Waals surface area contributed by atoms with Crippen LogP contribution in [-0.4, -0.2) is 31.6 Å². The van der Waals surface area contributed by atoms with Crippen molar-refractivity contribution in [3.05, 3.63) is 11.4 Å². The van der Waals surface area contributed by atoms with Gasteiger partial charge in [-0.25, -0.2) is 0 Å². The van der Waals surface area contributed by atoms with E-state index in [2.05, 4.69) is 5.32 Å². The molecule has 1 aromatic heterocycles. The maximum atomic E-state index is 13.6. The first-order valence-electron chi connectivity index (χ1n) is 5.93. The van der Waals surface area contributed by atoms with Crippen LogP contribution in [0.25, 0.3) is 0 Å². The van der Waals surface area contributed by atoms with Gasteiger partial charge >= 0.3 is 5.92 Å². The summed E-state index contributed by atoms with van der Waals surface area (Å²) in [7, 11) is 1.54. The zero-order chi connectivity index (χ0) is 14.0. The van der Waals surface area contributed by atoms with Crippen molar-refractivity contribution in [1.82, 2.24) is 5.32 Å². The number of amides is 1. The van der Waals surface area contributed by atoms with Crippen molar-refractivity contribution >= 4 is 17.2 Å². The molecule has 1 aliphatic heterocycles. The van der Waals surface area contributed by atoms with Crippen molar-refractivity contribution < 1.29 is 23.0 Å². The summed E-state index contributed by atoms with van der Waals surface area (Å²) < 4.78 is 37.5. The van der Waals surface area contributed by atoms with Gasteiger partial charge in [-0.15, -0.1) is 11.3 Å². The number of hydrogen-bond donors (Lipinski definition) is 1. The van der Waals surface area contributed by atoms with Crippen molar-refractivity contribution in [2.45, 2.75) is 25.3 Å². The van der Waals surface area contributed by atoms with Gasteiger partial charge in [0.05, 0.1) is 19.1 Å². The summed E-state index contributed by atoms with van der Waals surface area (Å²) in [5.41, 5.74) is 0. The van der Waals surface area contributed by atoms with E-state index in [0.717, 1.165) is 0 Å². The van der Waals surface area contributed by atoms with Crippen molar-refractivity contribution in [3.63, 3.8) is 0 Å². The van der Waals surface area contributed by atoms with Gasteiger partial charge in [0.25, 0.3) is 5.91 Å². The summed E-state index contributed by atoms with van der Waals surface area (Å²) in [4.78, 5) is 11.2.